The molecule has 2 aromatic rings. The predicted molar refractivity (Wildman–Crippen MR) is 101 cm³/mol. The summed E-state index contributed by atoms with van der Waals surface area (Å²) < 4.78 is 11.6. The number of piperidine rings is 1. The Balaban J connectivity index is 1.31. The quantitative estimate of drug-likeness (QED) is 0.777. The van der Waals surface area contributed by atoms with Crippen molar-refractivity contribution in [2.75, 3.05) is 19.7 Å². The number of likely N-dealkylation sites (tertiary alicyclic amines) is 1. The summed E-state index contributed by atoms with van der Waals surface area (Å²) >= 11 is 7.42. The number of hydrogen-bond acceptors (Lipinski definition) is 5. The van der Waals surface area contributed by atoms with E-state index in [4.69, 9.17) is 21.1 Å². The minimum absolute atomic E-state index is 0.00967. The van der Waals surface area contributed by atoms with Gasteiger partial charge in [-0.2, -0.15) is 0 Å². The lowest BCUT2D eigenvalue weighted by molar-refractivity contribution is 0.0589. The van der Waals surface area contributed by atoms with Crippen molar-refractivity contribution in [3.05, 3.63) is 45.4 Å². The van der Waals surface area contributed by atoms with Gasteiger partial charge in [-0.05, 0) is 37.1 Å². The highest BCUT2D eigenvalue weighted by molar-refractivity contribution is 7.09. The first-order valence-electron chi connectivity index (χ1n) is 8.97. The van der Waals surface area contributed by atoms with Crippen LogP contribution in [0.4, 0.5) is 0 Å². The minimum Gasteiger partial charge on any atom is -0.490 e. The molecule has 7 heteroatoms. The second kappa shape index (κ2) is 7.94. The van der Waals surface area contributed by atoms with Gasteiger partial charge in [0.1, 0.15) is 28.7 Å². The number of carbonyl (C=O) groups is 1. The molecule has 3 heterocycles. The Bertz CT molecular complexity index is 750. The van der Waals surface area contributed by atoms with Gasteiger partial charge in [-0.1, -0.05) is 11.6 Å². The van der Waals surface area contributed by atoms with E-state index >= 15 is 0 Å². The molecular weight excluding hydrogens is 372 g/mol. The molecule has 26 heavy (non-hydrogen) atoms. The molecule has 0 saturated carbocycles. The molecule has 0 radical (unpaired) electrons. The first-order valence-corrected chi connectivity index (χ1v) is 10.2. The van der Waals surface area contributed by atoms with Crippen molar-refractivity contribution in [3.63, 3.8) is 0 Å². The van der Waals surface area contributed by atoms with Crippen molar-refractivity contribution < 1.29 is 14.3 Å². The summed E-state index contributed by atoms with van der Waals surface area (Å²) in [6, 6.07) is 7.40. The Morgan fingerprint density at radius 3 is 2.69 bits per heavy atom. The van der Waals surface area contributed by atoms with Gasteiger partial charge in [0.15, 0.2) is 0 Å². The van der Waals surface area contributed by atoms with Crippen molar-refractivity contribution in [2.24, 2.45) is 0 Å². The number of ether oxygens (including phenoxy) is 2. The van der Waals surface area contributed by atoms with Gasteiger partial charge >= 0.3 is 0 Å². The molecule has 1 atom stereocenters. The molecular formula is C19H21ClN2O3S. The number of thiazole rings is 1. The van der Waals surface area contributed by atoms with Crippen LogP contribution in [-0.2, 0) is 4.74 Å². The van der Waals surface area contributed by atoms with E-state index in [1.165, 1.54) is 11.3 Å². The molecule has 1 aromatic heterocycles. The zero-order valence-electron chi connectivity index (χ0n) is 14.4. The zero-order chi connectivity index (χ0) is 17.9. The molecule has 4 rings (SSSR count). The Labute approximate surface area is 161 Å². The smallest absolute Gasteiger partial charge is 0.273 e. The summed E-state index contributed by atoms with van der Waals surface area (Å²) in [7, 11) is 0. The molecule has 138 valence electrons. The van der Waals surface area contributed by atoms with Gasteiger partial charge < -0.3 is 14.4 Å². The molecule has 5 nitrogen and oxygen atoms in total. The summed E-state index contributed by atoms with van der Waals surface area (Å²) in [5.74, 6) is 0.829. The van der Waals surface area contributed by atoms with Crippen LogP contribution in [0.1, 0.15) is 47.3 Å². The van der Waals surface area contributed by atoms with E-state index in [-0.39, 0.29) is 18.1 Å². The number of hydrogen-bond donors (Lipinski definition) is 0. The second-order valence-electron chi connectivity index (χ2n) is 6.64. The number of rotatable bonds is 4. The average molecular weight is 393 g/mol. The van der Waals surface area contributed by atoms with Gasteiger partial charge in [0.25, 0.3) is 5.91 Å². The normalized spacial score (nSPS) is 21.1. The first-order chi connectivity index (χ1) is 12.7. The lowest BCUT2D eigenvalue weighted by Gasteiger charge is -2.31. The number of aromatic nitrogens is 1. The zero-order valence-corrected chi connectivity index (χ0v) is 16.0. The van der Waals surface area contributed by atoms with Crippen LogP contribution in [-0.4, -0.2) is 41.6 Å². The van der Waals surface area contributed by atoms with Crippen molar-refractivity contribution in [2.45, 2.75) is 37.9 Å². The lowest BCUT2D eigenvalue weighted by atomic mass is 10.1. The monoisotopic (exact) mass is 392 g/mol. The highest BCUT2D eigenvalue weighted by Gasteiger charge is 2.28. The fraction of sp³-hybridized carbons (Fsp3) is 0.474. The third kappa shape index (κ3) is 4.03. The van der Waals surface area contributed by atoms with E-state index in [9.17, 15) is 4.79 Å². The van der Waals surface area contributed by atoms with E-state index < -0.39 is 0 Å². The molecule has 2 saturated heterocycles. The van der Waals surface area contributed by atoms with Crippen LogP contribution in [0.25, 0.3) is 0 Å². The summed E-state index contributed by atoms with van der Waals surface area (Å²) in [5.41, 5.74) is 0.539. The maximum Gasteiger partial charge on any atom is 0.273 e. The van der Waals surface area contributed by atoms with E-state index in [2.05, 4.69) is 4.98 Å². The van der Waals surface area contributed by atoms with Gasteiger partial charge in [-0.3, -0.25) is 4.79 Å². The predicted octanol–water partition coefficient (Wildman–Crippen LogP) is 4.33. The number of nitrogens with zero attached hydrogens (tertiary/aromatic N) is 2. The first kappa shape index (κ1) is 17.8. The molecule has 1 amide bonds. The second-order valence-corrected chi connectivity index (χ2v) is 7.96. The lowest BCUT2D eigenvalue weighted by Crippen LogP contribution is -2.41. The number of benzene rings is 1. The average Bonchev–Trinajstić information content (AvgIpc) is 3.35. The molecule has 0 aliphatic carbocycles. The summed E-state index contributed by atoms with van der Waals surface area (Å²) in [6.45, 7) is 2.16. The Morgan fingerprint density at radius 1 is 1.23 bits per heavy atom. The van der Waals surface area contributed by atoms with Gasteiger partial charge in [-0.15, -0.1) is 11.3 Å². The van der Waals surface area contributed by atoms with Crippen molar-refractivity contribution in [1.82, 2.24) is 9.88 Å². The van der Waals surface area contributed by atoms with Crippen LogP contribution in [0.2, 0.25) is 5.02 Å². The summed E-state index contributed by atoms with van der Waals surface area (Å²) in [6.07, 6.45) is 3.88. The van der Waals surface area contributed by atoms with E-state index in [0.717, 1.165) is 43.0 Å². The van der Waals surface area contributed by atoms with Gasteiger partial charge in [-0.25, -0.2) is 4.98 Å². The Morgan fingerprint density at radius 2 is 2.00 bits per heavy atom. The molecule has 0 spiro atoms. The fourth-order valence-corrected chi connectivity index (χ4v) is 4.35. The molecule has 2 aliphatic heterocycles. The standard InChI is InChI=1S/C19H21ClN2O3S/c20-13-3-5-14(6-4-13)25-15-7-9-22(10-8-15)19(23)16-12-26-18(21-16)17-2-1-11-24-17/h3-6,12,15,17H,1-2,7-11H2. The van der Waals surface area contributed by atoms with Crippen LogP contribution in [0, 0.1) is 0 Å². The van der Waals surface area contributed by atoms with Gasteiger partial charge in [0, 0.05) is 42.9 Å². The summed E-state index contributed by atoms with van der Waals surface area (Å²) in [5, 5.41) is 3.48. The van der Waals surface area contributed by atoms with Crippen LogP contribution in [0.5, 0.6) is 5.75 Å². The largest absolute Gasteiger partial charge is 0.490 e. The topological polar surface area (TPSA) is 51.7 Å². The molecule has 1 unspecified atom stereocenters. The SMILES string of the molecule is O=C(c1csc(C2CCCO2)n1)N1CCC(Oc2ccc(Cl)cc2)CC1. The van der Waals surface area contributed by atoms with E-state index in [1.807, 2.05) is 34.5 Å². The van der Waals surface area contributed by atoms with Crippen LogP contribution >= 0.6 is 22.9 Å². The maximum atomic E-state index is 12.7. The Kier molecular flexibility index (Phi) is 5.43. The molecule has 1 aromatic carbocycles. The minimum atomic E-state index is 0.00967. The van der Waals surface area contributed by atoms with Crippen LogP contribution < -0.4 is 4.74 Å². The fourth-order valence-electron chi connectivity index (χ4n) is 3.35. The van der Waals surface area contributed by atoms with E-state index in [1.54, 1.807) is 0 Å². The highest BCUT2D eigenvalue weighted by Crippen LogP contribution is 2.31. The van der Waals surface area contributed by atoms with Crippen molar-refractivity contribution in [1.29, 1.82) is 0 Å². The van der Waals surface area contributed by atoms with Crippen LogP contribution in [0.15, 0.2) is 29.6 Å². The number of amides is 1. The maximum absolute atomic E-state index is 12.7. The van der Waals surface area contributed by atoms with Crippen LogP contribution in [0.3, 0.4) is 0 Å². The molecule has 0 bridgehead atoms. The molecule has 0 N–H and O–H groups in total. The van der Waals surface area contributed by atoms with Gasteiger partial charge in [0.2, 0.25) is 0 Å². The van der Waals surface area contributed by atoms with Crippen molar-refractivity contribution >= 4 is 28.8 Å². The van der Waals surface area contributed by atoms with Crippen molar-refractivity contribution in [3.8, 4) is 5.75 Å². The Hall–Kier alpha value is -1.63. The number of carbonyl (C=O) groups excluding carboxylic acids is 1. The van der Waals surface area contributed by atoms with E-state index in [0.29, 0.717) is 23.8 Å². The third-order valence-electron chi connectivity index (χ3n) is 4.79. The number of halogens is 1. The summed E-state index contributed by atoms with van der Waals surface area (Å²) in [4.78, 5) is 19.1. The molecule has 2 aliphatic rings. The highest BCUT2D eigenvalue weighted by atomic mass is 35.5. The molecule has 2 fully saturated rings. The van der Waals surface area contributed by atoms with Gasteiger partial charge in [0.05, 0.1) is 0 Å². The third-order valence-corrected chi connectivity index (χ3v) is 5.98.